The lowest BCUT2D eigenvalue weighted by Gasteiger charge is -2.10. The molecule has 3 unspecified atom stereocenters. The zero-order valence-electron chi connectivity index (χ0n) is 47.7. The predicted molar refractivity (Wildman–Crippen MR) is 317 cm³/mol. The quantitative estimate of drug-likeness (QED) is 0.0216. The molecule has 0 spiro atoms. The van der Waals surface area contributed by atoms with Crippen LogP contribution < -0.4 is 11.5 Å². The maximum Gasteiger partial charge on any atom is 0.146 e. The van der Waals surface area contributed by atoms with E-state index in [2.05, 4.69) is 410 Å². The van der Waals surface area contributed by atoms with E-state index in [1.807, 2.05) is 0 Å². The topological polar surface area (TPSA) is 294 Å². The summed E-state index contributed by atoms with van der Waals surface area (Å²) in [5.41, 5.74) is 10.2. The fourth-order valence-corrected chi connectivity index (χ4v) is 0.643. The van der Waals surface area contributed by atoms with E-state index in [0.29, 0.717) is 0 Å². The SMILES string of the molecule is C=C.C=C.C=C.C=C.C=C.C=C.C=C.C=C.C=C.C=C.C=C.C=C.C=C.C=C.C=C.C=C.C=C.C=C.C=C.C=C.C=C.C=C.CC(N)OOOOOOOOOOOOCC(CO)OOOOOOOOOOOOC(C)N. The van der Waals surface area contributed by atoms with Crippen LogP contribution in [0.3, 0.4) is 0 Å². The van der Waals surface area contributed by atoms with Crippen LogP contribution in [-0.2, 0) is 120 Å². The maximum atomic E-state index is 8.95. The van der Waals surface area contributed by atoms with E-state index in [9.17, 15) is 0 Å². The largest absolute Gasteiger partial charge is 0.393 e. The lowest BCUT2D eigenvalue weighted by Crippen LogP contribution is -2.24. The van der Waals surface area contributed by atoms with Gasteiger partial charge in [0.05, 0.1) is 6.61 Å². The first-order valence-corrected chi connectivity index (χ1v) is 18.6. The number of hydrogen-bond donors (Lipinski definition) is 3. The van der Waals surface area contributed by atoms with Gasteiger partial charge in [0.2, 0.25) is 0 Å². The number of aliphatic hydroxyl groups is 1. The van der Waals surface area contributed by atoms with Crippen LogP contribution in [0.4, 0.5) is 0 Å². The van der Waals surface area contributed by atoms with Gasteiger partial charge in [0.15, 0.2) is 0 Å². The molecule has 27 heteroatoms. The van der Waals surface area contributed by atoms with Gasteiger partial charge in [-0.15, -0.1) is 289 Å². The van der Waals surface area contributed by atoms with Crippen molar-refractivity contribution < 1.29 is 125 Å². The summed E-state index contributed by atoms with van der Waals surface area (Å²) in [7, 11) is 0. The lowest BCUT2D eigenvalue weighted by atomic mass is 10.4. The molecule has 0 saturated heterocycles. The minimum absolute atomic E-state index is 0.557. The Morgan fingerprint density at radius 2 is 0.359 bits per heavy atom. The summed E-state index contributed by atoms with van der Waals surface area (Å²) in [6.07, 6.45) is -2.88. The molecule has 0 aromatic heterocycles. The first-order chi connectivity index (χ1) is 38.6. The highest BCUT2D eigenvalue weighted by Crippen LogP contribution is 1.98. The second kappa shape index (κ2) is 423. The normalized spacial score (nSPS) is 7.40. The van der Waals surface area contributed by atoms with Crippen molar-refractivity contribution >= 4 is 0 Å². The molecule has 5 N–H and O–H groups in total. The van der Waals surface area contributed by atoms with Crippen molar-refractivity contribution in [2.75, 3.05) is 13.2 Å². The van der Waals surface area contributed by atoms with E-state index in [4.69, 9.17) is 16.6 Å². The molecule has 0 saturated carbocycles. The van der Waals surface area contributed by atoms with Crippen LogP contribution in [0.1, 0.15) is 13.8 Å². The Hall–Kier alpha value is -6.80. The molecule has 0 fully saturated rings. The number of rotatable bonds is 28. The highest BCUT2D eigenvalue weighted by molar-refractivity contribution is 4.47. The first kappa shape index (κ1) is 151. The molecule has 0 radical (unpaired) electrons. The fourth-order valence-electron chi connectivity index (χ4n) is 0.643. The van der Waals surface area contributed by atoms with Crippen molar-refractivity contribution in [1.29, 1.82) is 0 Å². The van der Waals surface area contributed by atoms with E-state index < -0.39 is 31.8 Å². The Morgan fingerprint density at radius 1 is 0.231 bits per heavy atom. The molecule has 0 aromatic rings. The molecular formula is C51H106N2O25. The predicted octanol–water partition coefficient (Wildman–Crippen LogP) is 15.1. The van der Waals surface area contributed by atoms with Crippen LogP contribution in [0.15, 0.2) is 289 Å². The van der Waals surface area contributed by atoms with Gasteiger partial charge in [-0.2, -0.15) is 14.7 Å². The van der Waals surface area contributed by atoms with Gasteiger partial charge in [0.1, 0.15) is 25.2 Å². The van der Waals surface area contributed by atoms with Crippen molar-refractivity contribution in [1.82, 2.24) is 0 Å². The number of hydrogen-bond acceptors (Lipinski definition) is 27. The van der Waals surface area contributed by atoms with Crippen LogP contribution in [0, 0.1) is 0 Å². The summed E-state index contributed by atoms with van der Waals surface area (Å²) in [4.78, 5) is 17.0. The number of aliphatic hydroxyl groups excluding tert-OH is 1. The van der Waals surface area contributed by atoms with Gasteiger partial charge in [-0.3, -0.25) is 0 Å². The molecule has 0 aliphatic heterocycles. The Morgan fingerprint density at radius 3 is 0.500 bits per heavy atom. The van der Waals surface area contributed by atoms with Gasteiger partial charge < -0.3 is 16.6 Å². The molecule has 0 amide bonds. The summed E-state index contributed by atoms with van der Waals surface area (Å²) < 4.78 is 0. The fraction of sp³-hybridized carbons (Fsp3) is 0.137. The highest BCUT2D eigenvalue weighted by atomic mass is 18.0. The standard InChI is InChI=1S/C7H18N2O25.22C2H4/c1-5(8)12-16-20-24-28-32-31-27-23-19-15-11-4-7(3-10)14-18-22-26-30-34-33-29-25-21-17-13-6(2)9;22*1-2/h5-7,10H,3-4,8-9H2,1-2H3;22*1-2H2. The van der Waals surface area contributed by atoms with Crippen molar-refractivity contribution in [2.45, 2.75) is 32.4 Å². The van der Waals surface area contributed by atoms with Gasteiger partial charge in [0, 0.05) is 0 Å². The highest BCUT2D eigenvalue weighted by Gasteiger charge is 2.12. The Balaban J connectivity index is -0.0000000272. The Kier molecular flexibility index (Phi) is 818. The maximum absolute atomic E-state index is 8.95. The molecule has 0 bridgehead atoms. The average Bonchev–Trinajstić information content (AvgIpc) is 3.58. The first-order valence-electron chi connectivity index (χ1n) is 18.6. The molecule has 0 aromatic carbocycles. The Bertz CT molecular complexity index is 646. The van der Waals surface area contributed by atoms with Crippen LogP contribution in [0.25, 0.3) is 0 Å². The molecule has 3 atom stereocenters. The van der Waals surface area contributed by atoms with E-state index >= 15 is 0 Å². The molecule has 470 valence electrons. The second-order valence-electron chi connectivity index (χ2n) is 4.15. The lowest BCUT2D eigenvalue weighted by molar-refractivity contribution is -0.865. The summed E-state index contributed by atoms with van der Waals surface area (Å²) in [5.74, 6) is 0. The molecule has 0 aliphatic carbocycles. The third-order valence-corrected chi connectivity index (χ3v) is 1.56. The van der Waals surface area contributed by atoms with Crippen molar-refractivity contribution in [3.63, 3.8) is 0 Å². The van der Waals surface area contributed by atoms with Gasteiger partial charge >= 0.3 is 0 Å². The van der Waals surface area contributed by atoms with Crippen LogP contribution in [-0.4, -0.2) is 36.9 Å². The summed E-state index contributed by atoms with van der Waals surface area (Å²) >= 11 is 0. The second-order valence-corrected chi connectivity index (χ2v) is 4.15. The van der Waals surface area contributed by atoms with E-state index in [0.717, 1.165) is 0 Å². The van der Waals surface area contributed by atoms with E-state index in [-0.39, 0.29) is 0 Å². The molecule has 27 nitrogen and oxygen atoms in total. The van der Waals surface area contributed by atoms with Crippen LogP contribution in [0.5, 0.6) is 0 Å². The van der Waals surface area contributed by atoms with Crippen LogP contribution >= 0.6 is 0 Å². The number of nitrogens with two attached hydrogens (primary N) is 2. The van der Waals surface area contributed by atoms with E-state index in [1.165, 1.54) is 13.8 Å². The molecule has 0 rings (SSSR count). The van der Waals surface area contributed by atoms with Crippen molar-refractivity contribution in [3.05, 3.63) is 289 Å². The molecule has 0 heterocycles. The minimum Gasteiger partial charge on any atom is -0.393 e. The third-order valence-electron chi connectivity index (χ3n) is 1.56. The minimum atomic E-state index is -1.24. The molecular weight excluding hydrogens is 1040 g/mol. The van der Waals surface area contributed by atoms with Crippen LogP contribution in [0.2, 0.25) is 0 Å². The summed E-state index contributed by atoms with van der Waals surface area (Å²) in [6.45, 7) is 134. The zero-order valence-corrected chi connectivity index (χ0v) is 47.7. The van der Waals surface area contributed by atoms with Crippen molar-refractivity contribution in [2.24, 2.45) is 11.5 Å². The zero-order chi connectivity index (χ0) is 69.1. The average molecular weight is 1150 g/mol. The van der Waals surface area contributed by atoms with Gasteiger partial charge in [0.25, 0.3) is 0 Å². The van der Waals surface area contributed by atoms with Gasteiger partial charge in [-0.25, -0.2) is 4.89 Å². The molecule has 0 aliphatic rings. The monoisotopic (exact) mass is 1150 g/mol. The van der Waals surface area contributed by atoms with Crippen molar-refractivity contribution in [3.8, 4) is 0 Å². The molecule has 78 heavy (non-hydrogen) atoms. The summed E-state index contributed by atoms with van der Waals surface area (Å²) in [5, 5.41) is 83.1. The third kappa shape index (κ3) is 469. The Labute approximate surface area is 471 Å². The smallest absolute Gasteiger partial charge is 0.146 e. The summed E-state index contributed by atoms with van der Waals surface area (Å²) in [6, 6.07) is 0. The van der Waals surface area contributed by atoms with Gasteiger partial charge in [-0.1, -0.05) is 0 Å². The van der Waals surface area contributed by atoms with E-state index in [1.54, 1.807) is 0 Å². The van der Waals surface area contributed by atoms with Gasteiger partial charge in [-0.05, 0) is 115 Å².